The van der Waals surface area contributed by atoms with E-state index in [1.807, 2.05) is 13.8 Å². The quantitative estimate of drug-likeness (QED) is 0.864. The van der Waals surface area contributed by atoms with E-state index in [1.165, 1.54) is 12.1 Å². The molecule has 0 saturated heterocycles. The van der Waals surface area contributed by atoms with Crippen molar-refractivity contribution in [1.82, 2.24) is 5.32 Å². The van der Waals surface area contributed by atoms with Crippen LogP contribution in [0.1, 0.15) is 13.8 Å². The van der Waals surface area contributed by atoms with Crippen molar-refractivity contribution in [2.45, 2.75) is 13.8 Å². The van der Waals surface area contributed by atoms with Crippen molar-refractivity contribution < 1.29 is 17.6 Å². The lowest BCUT2D eigenvalue weighted by Crippen LogP contribution is -2.41. The molecule has 8 heteroatoms. The third-order valence-corrected chi connectivity index (χ3v) is 4.02. The number of sulfonamides is 1. The van der Waals surface area contributed by atoms with Gasteiger partial charge in [0.1, 0.15) is 12.4 Å². The molecule has 1 aromatic rings. The van der Waals surface area contributed by atoms with Gasteiger partial charge < -0.3 is 5.32 Å². The van der Waals surface area contributed by atoms with Gasteiger partial charge in [-0.1, -0.05) is 25.4 Å². The molecule has 0 bridgehead atoms. The Kier molecular flexibility index (Phi) is 5.98. The first-order valence-electron chi connectivity index (χ1n) is 6.30. The summed E-state index contributed by atoms with van der Waals surface area (Å²) in [6.07, 6.45) is 0.972. The number of benzene rings is 1. The van der Waals surface area contributed by atoms with Crippen LogP contribution in [0, 0.1) is 11.7 Å². The molecule has 0 aliphatic rings. The second kappa shape index (κ2) is 7.09. The zero-order chi connectivity index (χ0) is 16.2. The number of nitrogens with zero attached hydrogens (tertiary/aromatic N) is 1. The summed E-state index contributed by atoms with van der Waals surface area (Å²) < 4.78 is 37.7. The molecule has 21 heavy (non-hydrogen) atoms. The minimum absolute atomic E-state index is 0.142. The smallest absolute Gasteiger partial charge is 0.240 e. The number of halogens is 2. The predicted molar refractivity (Wildman–Crippen MR) is 81.4 cm³/mol. The number of anilines is 1. The molecule has 0 unspecified atom stereocenters. The summed E-state index contributed by atoms with van der Waals surface area (Å²) in [7, 11) is -3.69. The van der Waals surface area contributed by atoms with Crippen LogP contribution in [0.2, 0.25) is 5.02 Å². The van der Waals surface area contributed by atoms with Crippen LogP contribution < -0.4 is 9.62 Å². The molecule has 0 heterocycles. The van der Waals surface area contributed by atoms with Crippen molar-refractivity contribution in [2.24, 2.45) is 5.92 Å². The third-order valence-electron chi connectivity index (χ3n) is 2.59. The maximum atomic E-state index is 13.2. The fourth-order valence-corrected chi connectivity index (χ4v) is 2.57. The highest BCUT2D eigenvalue weighted by Gasteiger charge is 2.21. The highest BCUT2D eigenvalue weighted by Crippen LogP contribution is 2.24. The van der Waals surface area contributed by atoms with E-state index in [0.717, 1.165) is 16.6 Å². The molecule has 0 spiro atoms. The van der Waals surface area contributed by atoms with Gasteiger partial charge in [-0.3, -0.25) is 9.10 Å². The molecule has 0 aliphatic carbocycles. The molecular weight excluding hydrogens is 319 g/mol. The molecule has 118 valence electrons. The molecule has 1 rings (SSSR count). The van der Waals surface area contributed by atoms with Crippen LogP contribution >= 0.6 is 11.6 Å². The van der Waals surface area contributed by atoms with Crippen molar-refractivity contribution in [1.29, 1.82) is 0 Å². The Morgan fingerprint density at radius 1 is 1.43 bits per heavy atom. The van der Waals surface area contributed by atoms with Gasteiger partial charge in [0, 0.05) is 6.54 Å². The van der Waals surface area contributed by atoms with Crippen molar-refractivity contribution in [3.8, 4) is 0 Å². The first-order valence-corrected chi connectivity index (χ1v) is 8.53. The number of amides is 1. The molecule has 1 N–H and O–H groups in total. The fraction of sp³-hybridized carbons (Fsp3) is 0.462. The van der Waals surface area contributed by atoms with Crippen molar-refractivity contribution >= 4 is 33.2 Å². The summed E-state index contributed by atoms with van der Waals surface area (Å²) in [5, 5.41) is 2.42. The minimum atomic E-state index is -3.69. The van der Waals surface area contributed by atoms with E-state index < -0.39 is 21.7 Å². The Morgan fingerprint density at radius 2 is 2.05 bits per heavy atom. The van der Waals surface area contributed by atoms with Gasteiger partial charge in [0.05, 0.1) is 17.0 Å². The molecule has 1 aromatic carbocycles. The Bertz CT molecular complexity index is 620. The SMILES string of the molecule is CC(C)CNC(=O)CN(c1ccc(F)c(Cl)c1)S(C)(=O)=O. The van der Waals surface area contributed by atoms with Crippen LogP contribution in [0.4, 0.5) is 10.1 Å². The van der Waals surface area contributed by atoms with E-state index >= 15 is 0 Å². The van der Waals surface area contributed by atoms with E-state index in [4.69, 9.17) is 11.6 Å². The molecule has 0 aromatic heterocycles. The second-order valence-electron chi connectivity index (χ2n) is 5.07. The van der Waals surface area contributed by atoms with Gasteiger partial charge in [-0.25, -0.2) is 12.8 Å². The molecular formula is C13H18ClFN2O3S. The zero-order valence-corrected chi connectivity index (χ0v) is 13.6. The number of carbonyl (C=O) groups is 1. The van der Waals surface area contributed by atoms with Crippen LogP contribution in [-0.2, 0) is 14.8 Å². The summed E-state index contributed by atoms with van der Waals surface area (Å²) in [6.45, 7) is 3.91. The van der Waals surface area contributed by atoms with Gasteiger partial charge in [0.2, 0.25) is 15.9 Å². The standard InChI is InChI=1S/C13H18ClFN2O3S/c1-9(2)7-16-13(18)8-17(21(3,19)20)10-4-5-12(15)11(14)6-10/h4-6,9H,7-8H2,1-3H3,(H,16,18). The van der Waals surface area contributed by atoms with E-state index in [1.54, 1.807) is 0 Å². The van der Waals surface area contributed by atoms with Gasteiger partial charge >= 0.3 is 0 Å². The Morgan fingerprint density at radius 3 is 2.52 bits per heavy atom. The van der Waals surface area contributed by atoms with Gasteiger partial charge in [-0.2, -0.15) is 0 Å². The van der Waals surface area contributed by atoms with Gasteiger partial charge in [0.25, 0.3) is 0 Å². The normalized spacial score (nSPS) is 11.5. The lowest BCUT2D eigenvalue weighted by Gasteiger charge is -2.22. The fourth-order valence-electron chi connectivity index (χ4n) is 1.54. The van der Waals surface area contributed by atoms with E-state index in [9.17, 15) is 17.6 Å². The van der Waals surface area contributed by atoms with Crippen LogP contribution in [0.5, 0.6) is 0 Å². The summed E-state index contributed by atoms with van der Waals surface area (Å²) >= 11 is 5.65. The number of nitrogens with one attached hydrogen (secondary N) is 1. The van der Waals surface area contributed by atoms with Crippen LogP contribution in [0.25, 0.3) is 0 Å². The molecule has 0 fully saturated rings. The van der Waals surface area contributed by atoms with Gasteiger partial charge in [-0.15, -0.1) is 0 Å². The molecule has 1 amide bonds. The van der Waals surface area contributed by atoms with Crippen LogP contribution in [-0.4, -0.2) is 33.7 Å². The molecule has 5 nitrogen and oxygen atoms in total. The lowest BCUT2D eigenvalue weighted by molar-refractivity contribution is -0.119. The largest absolute Gasteiger partial charge is 0.354 e. The van der Waals surface area contributed by atoms with Crippen molar-refractivity contribution in [3.05, 3.63) is 29.0 Å². The van der Waals surface area contributed by atoms with Gasteiger partial charge in [0.15, 0.2) is 0 Å². The summed E-state index contributed by atoms with van der Waals surface area (Å²) in [5.41, 5.74) is 0.142. The van der Waals surface area contributed by atoms with E-state index in [-0.39, 0.29) is 23.2 Å². The molecule has 0 radical (unpaired) electrons. The monoisotopic (exact) mass is 336 g/mol. The highest BCUT2D eigenvalue weighted by atomic mass is 35.5. The minimum Gasteiger partial charge on any atom is -0.354 e. The molecule has 0 aliphatic heterocycles. The van der Waals surface area contributed by atoms with Crippen LogP contribution in [0.15, 0.2) is 18.2 Å². The Labute approximate surface area is 129 Å². The molecule has 0 saturated carbocycles. The number of rotatable bonds is 6. The third kappa shape index (κ3) is 5.51. The van der Waals surface area contributed by atoms with E-state index in [0.29, 0.717) is 6.54 Å². The maximum absolute atomic E-state index is 13.2. The second-order valence-corrected chi connectivity index (χ2v) is 7.38. The maximum Gasteiger partial charge on any atom is 0.240 e. The average molecular weight is 337 g/mol. The molecule has 0 atom stereocenters. The summed E-state index contributed by atoms with van der Waals surface area (Å²) in [5.74, 6) is -0.839. The summed E-state index contributed by atoms with van der Waals surface area (Å²) in [6, 6.07) is 3.49. The lowest BCUT2D eigenvalue weighted by atomic mass is 10.2. The summed E-state index contributed by atoms with van der Waals surface area (Å²) in [4.78, 5) is 11.8. The highest BCUT2D eigenvalue weighted by molar-refractivity contribution is 7.92. The van der Waals surface area contributed by atoms with Gasteiger partial charge in [-0.05, 0) is 24.1 Å². The van der Waals surface area contributed by atoms with Crippen molar-refractivity contribution in [2.75, 3.05) is 23.7 Å². The van der Waals surface area contributed by atoms with Crippen LogP contribution in [0.3, 0.4) is 0 Å². The first kappa shape index (κ1) is 17.7. The topological polar surface area (TPSA) is 66.5 Å². The first-order chi connectivity index (χ1) is 9.61. The Hall–Kier alpha value is -1.34. The number of hydrogen-bond acceptors (Lipinski definition) is 3. The number of carbonyl (C=O) groups excluding carboxylic acids is 1. The average Bonchev–Trinajstić information content (AvgIpc) is 2.35. The van der Waals surface area contributed by atoms with E-state index in [2.05, 4.69) is 5.32 Å². The zero-order valence-electron chi connectivity index (χ0n) is 12.1. The Balaban J connectivity index is 2.97. The number of hydrogen-bond donors (Lipinski definition) is 1. The van der Waals surface area contributed by atoms with Crippen molar-refractivity contribution in [3.63, 3.8) is 0 Å². The predicted octanol–water partition coefficient (Wildman–Crippen LogP) is 2.02.